The minimum atomic E-state index is -0.503. The number of hydrogen-bond donors (Lipinski definition) is 1. The Bertz CT molecular complexity index is 908. The number of hydrogen-bond acceptors (Lipinski definition) is 5. The Morgan fingerprint density at radius 2 is 1.87 bits per heavy atom. The number of esters is 1. The number of anilines is 1. The van der Waals surface area contributed by atoms with Crippen LogP contribution >= 0.6 is 0 Å². The smallest absolute Gasteiger partial charge is 0.310 e. The van der Waals surface area contributed by atoms with E-state index in [2.05, 4.69) is 5.32 Å². The van der Waals surface area contributed by atoms with Crippen LogP contribution in [0.25, 0.3) is 0 Å². The lowest BCUT2D eigenvalue weighted by molar-refractivity contribution is -0.157. The van der Waals surface area contributed by atoms with Crippen molar-refractivity contribution in [2.24, 2.45) is 11.8 Å². The Balaban J connectivity index is 1.34. The third-order valence-corrected chi connectivity index (χ3v) is 5.92. The Hall–Kier alpha value is -3.09. The lowest BCUT2D eigenvalue weighted by Gasteiger charge is -2.32. The molecule has 1 saturated carbocycles. The van der Waals surface area contributed by atoms with Crippen LogP contribution in [0, 0.1) is 11.8 Å². The van der Waals surface area contributed by atoms with Crippen molar-refractivity contribution in [1.82, 2.24) is 5.32 Å². The van der Waals surface area contributed by atoms with E-state index < -0.39 is 23.7 Å². The van der Waals surface area contributed by atoms with Crippen molar-refractivity contribution in [3.05, 3.63) is 54.0 Å². The molecule has 1 aliphatic heterocycles. The fourth-order valence-electron chi connectivity index (χ4n) is 4.37. The molecule has 4 rings (SSSR count). The zero-order valence-electron chi connectivity index (χ0n) is 16.8. The van der Waals surface area contributed by atoms with Gasteiger partial charge in [0.15, 0.2) is 6.61 Å². The van der Waals surface area contributed by atoms with E-state index in [0.29, 0.717) is 25.1 Å². The molecule has 158 valence electrons. The van der Waals surface area contributed by atoms with Crippen LogP contribution in [0.15, 0.2) is 47.1 Å². The Morgan fingerprint density at radius 1 is 1.07 bits per heavy atom. The van der Waals surface area contributed by atoms with Crippen molar-refractivity contribution < 1.29 is 23.5 Å². The Labute approximate surface area is 175 Å². The van der Waals surface area contributed by atoms with Crippen molar-refractivity contribution in [1.29, 1.82) is 0 Å². The SMILES string of the molecule is O=C(COC(=O)[C@@H]1CCCC[C@@H]1C(=O)N1CCc2ccccc21)NCc1ccco1. The quantitative estimate of drug-likeness (QED) is 0.740. The molecule has 2 heterocycles. The lowest BCUT2D eigenvalue weighted by atomic mass is 9.78. The molecule has 2 atom stereocenters. The molecule has 1 aromatic carbocycles. The van der Waals surface area contributed by atoms with Gasteiger partial charge in [-0.25, -0.2) is 0 Å². The summed E-state index contributed by atoms with van der Waals surface area (Å²) < 4.78 is 10.4. The molecule has 0 radical (unpaired) electrons. The highest BCUT2D eigenvalue weighted by molar-refractivity contribution is 5.99. The number of amides is 2. The summed E-state index contributed by atoms with van der Waals surface area (Å²) in [6.07, 6.45) is 5.44. The molecule has 2 amide bonds. The zero-order chi connectivity index (χ0) is 20.9. The molecule has 1 N–H and O–H groups in total. The normalized spacial score (nSPS) is 20.5. The highest BCUT2D eigenvalue weighted by Gasteiger charge is 2.40. The van der Waals surface area contributed by atoms with Gasteiger partial charge in [-0.1, -0.05) is 31.0 Å². The molecule has 30 heavy (non-hydrogen) atoms. The third kappa shape index (κ3) is 4.40. The molecule has 2 aliphatic rings. The fourth-order valence-corrected chi connectivity index (χ4v) is 4.37. The van der Waals surface area contributed by atoms with Crippen LogP contribution in [0.1, 0.15) is 37.0 Å². The van der Waals surface area contributed by atoms with E-state index in [-0.39, 0.29) is 19.1 Å². The molecule has 0 unspecified atom stereocenters. The summed E-state index contributed by atoms with van der Waals surface area (Å²) in [6, 6.07) is 11.4. The zero-order valence-corrected chi connectivity index (χ0v) is 16.8. The van der Waals surface area contributed by atoms with E-state index in [0.717, 1.165) is 30.5 Å². The van der Waals surface area contributed by atoms with Crippen molar-refractivity contribution in [3.63, 3.8) is 0 Å². The second-order valence-corrected chi connectivity index (χ2v) is 7.83. The predicted octanol–water partition coefficient (Wildman–Crippen LogP) is 2.83. The maximum Gasteiger partial charge on any atom is 0.310 e. The maximum absolute atomic E-state index is 13.3. The lowest BCUT2D eigenvalue weighted by Crippen LogP contribution is -2.43. The first kappa shape index (κ1) is 20.2. The number of furan rings is 1. The highest BCUT2D eigenvalue weighted by atomic mass is 16.5. The van der Waals surface area contributed by atoms with Gasteiger partial charge in [0.2, 0.25) is 5.91 Å². The fraction of sp³-hybridized carbons (Fsp3) is 0.435. The largest absolute Gasteiger partial charge is 0.467 e. The maximum atomic E-state index is 13.3. The van der Waals surface area contributed by atoms with E-state index in [1.54, 1.807) is 12.1 Å². The summed E-state index contributed by atoms with van der Waals surface area (Å²) in [4.78, 5) is 39.8. The average Bonchev–Trinajstić information content (AvgIpc) is 3.45. The molecule has 7 nitrogen and oxygen atoms in total. The third-order valence-electron chi connectivity index (χ3n) is 5.92. The summed E-state index contributed by atoms with van der Waals surface area (Å²) in [5.74, 6) is -1.15. The van der Waals surface area contributed by atoms with Gasteiger partial charge < -0.3 is 19.4 Å². The number of rotatable bonds is 6. The molecule has 1 aliphatic carbocycles. The van der Waals surface area contributed by atoms with Crippen LogP contribution < -0.4 is 10.2 Å². The van der Waals surface area contributed by atoms with Gasteiger partial charge in [-0.15, -0.1) is 0 Å². The molecule has 0 bridgehead atoms. The topological polar surface area (TPSA) is 88.9 Å². The molecular weight excluding hydrogens is 384 g/mol. The van der Waals surface area contributed by atoms with Gasteiger partial charge in [0.1, 0.15) is 5.76 Å². The summed E-state index contributed by atoms with van der Waals surface area (Å²) in [5, 5.41) is 2.65. The van der Waals surface area contributed by atoms with Crippen LogP contribution in [0.4, 0.5) is 5.69 Å². The molecule has 1 fully saturated rings. The number of para-hydroxylation sites is 1. The number of fused-ring (bicyclic) bond motifs is 1. The predicted molar refractivity (Wildman–Crippen MR) is 109 cm³/mol. The number of nitrogens with zero attached hydrogens (tertiary/aromatic N) is 1. The van der Waals surface area contributed by atoms with Crippen LogP contribution in [0.2, 0.25) is 0 Å². The molecule has 1 aromatic heterocycles. The van der Waals surface area contributed by atoms with E-state index in [1.165, 1.54) is 6.26 Å². The van der Waals surface area contributed by atoms with E-state index >= 15 is 0 Å². The minimum absolute atomic E-state index is 0.0103. The summed E-state index contributed by atoms with van der Waals surface area (Å²) in [5.41, 5.74) is 2.10. The molecule has 0 spiro atoms. The number of ether oxygens (including phenoxy) is 1. The molecule has 7 heteroatoms. The number of benzene rings is 1. The van der Waals surface area contributed by atoms with Gasteiger partial charge in [-0.05, 0) is 43.0 Å². The summed E-state index contributed by atoms with van der Waals surface area (Å²) >= 11 is 0. The van der Waals surface area contributed by atoms with Crippen LogP contribution in [0.3, 0.4) is 0 Å². The van der Waals surface area contributed by atoms with Crippen molar-refractivity contribution in [2.45, 2.75) is 38.6 Å². The van der Waals surface area contributed by atoms with Gasteiger partial charge >= 0.3 is 5.97 Å². The van der Waals surface area contributed by atoms with Gasteiger partial charge in [-0.3, -0.25) is 14.4 Å². The molecular formula is C23H26N2O5. The first-order valence-corrected chi connectivity index (χ1v) is 10.5. The van der Waals surface area contributed by atoms with Gasteiger partial charge in [0, 0.05) is 12.2 Å². The Morgan fingerprint density at radius 3 is 2.67 bits per heavy atom. The van der Waals surface area contributed by atoms with Gasteiger partial charge in [0.05, 0.1) is 24.6 Å². The standard InChI is InChI=1S/C23H26N2O5/c26-21(24-14-17-7-5-13-29-17)15-30-23(28)19-9-3-2-8-18(19)22(27)25-12-11-16-6-1-4-10-20(16)25/h1,4-7,10,13,18-19H,2-3,8-9,11-12,14-15H2,(H,24,26)/t18-,19+/m0/s1. The molecule has 0 saturated heterocycles. The van der Waals surface area contributed by atoms with Crippen LogP contribution in [-0.4, -0.2) is 30.9 Å². The van der Waals surface area contributed by atoms with Crippen molar-refractivity contribution >= 4 is 23.5 Å². The van der Waals surface area contributed by atoms with E-state index in [9.17, 15) is 14.4 Å². The first-order chi connectivity index (χ1) is 14.6. The van der Waals surface area contributed by atoms with E-state index in [1.807, 2.05) is 29.2 Å². The summed E-state index contributed by atoms with van der Waals surface area (Å²) in [7, 11) is 0. The minimum Gasteiger partial charge on any atom is -0.467 e. The monoisotopic (exact) mass is 410 g/mol. The van der Waals surface area contributed by atoms with Crippen LogP contribution in [-0.2, 0) is 32.1 Å². The van der Waals surface area contributed by atoms with Crippen molar-refractivity contribution in [3.8, 4) is 0 Å². The molecule has 2 aromatic rings. The van der Waals surface area contributed by atoms with Gasteiger partial charge in [-0.2, -0.15) is 0 Å². The number of carbonyl (C=O) groups excluding carboxylic acids is 3. The number of nitrogens with one attached hydrogen (secondary N) is 1. The first-order valence-electron chi connectivity index (χ1n) is 10.5. The van der Waals surface area contributed by atoms with Gasteiger partial charge in [0.25, 0.3) is 5.91 Å². The second-order valence-electron chi connectivity index (χ2n) is 7.83. The Kier molecular flexibility index (Phi) is 6.16. The van der Waals surface area contributed by atoms with E-state index in [4.69, 9.17) is 9.15 Å². The highest BCUT2D eigenvalue weighted by Crippen LogP contribution is 2.36. The second kappa shape index (κ2) is 9.15. The average molecular weight is 410 g/mol. The number of carbonyl (C=O) groups is 3. The van der Waals surface area contributed by atoms with Crippen molar-refractivity contribution in [2.75, 3.05) is 18.1 Å². The summed E-state index contributed by atoms with van der Waals surface area (Å²) in [6.45, 7) is 0.525. The van der Waals surface area contributed by atoms with Crippen LogP contribution in [0.5, 0.6) is 0 Å².